The normalized spacial score (nSPS) is 12.2. The summed E-state index contributed by atoms with van der Waals surface area (Å²) < 4.78 is 10.2. The van der Waals surface area contributed by atoms with E-state index in [-0.39, 0.29) is 23.0 Å². The Morgan fingerprint density at radius 3 is 2.68 bits per heavy atom. The number of hydrogen-bond donors (Lipinski definition) is 1. The number of halogens is 1. The number of rotatable bonds is 7. The Morgan fingerprint density at radius 1 is 1.11 bits per heavy atom. The monoisotopic (exact) mass is 404 g/mol. The van der Waals surface area contributed by atoms with Crippen molar-refractivity contribution in [3.05, 3.63) is 62.7 Å². The van der Waals surface area contributed by atoms with Crippen molar-refractivity contribution in [2.75, 3.05) is 18.5 Å². The minimum atomic E-state index is -0.726. The van der Waals surface area contributed by atoms with Gasteiger partial charge in [-0.25, -0.2) is 4.79 Å². The average Bonchev–Trinajstić information content (AvgIpc) is 3.12. The molecule has 1 aliphatic carbocycles. The minimum absolute atomic E-state index is 0.0760. The highest BCUT2D eigenvalue weighted by Crippen LogP contribution is 2.28. The van der Waals surface area contributed by atoms with Gasteiger partial charge in [-0.1, -0.05) is 17.7 Å². The number of anilines is 1. The van der Waals surface area contributed by atoms with Gasteiger partial charge >= 0.3 is 5.97 Å². The van der Waals surface area contributed by atoms with E-state index in [2.05, 4.69) is 5.32 Å². The van der Waals surface area contributed by atoms with Crippen molar-refractivity contribution in [3.63, 3.8) is 0 Å². The second kappa shape index (κ2) is 8.71. The molecular weight excluding hydrogens is 388 g/mol. The van der Waals surface area contributed by atoms with Crippen molar-refractivity contribution in [2.24, 2.45) is 0 Å². The maximum atomic E-state index is 11.9. The fraction of sp³-hybridized carbons (Fsp3) is 0.263. The predicted molar refractivity (Wildman–Crippen MR) is 102 cm³/mol. The van der Waals surface area contributed by atoms with Crippen LogP contribution in [0.5, 0.6) is 5.75 Å². The van der Waals surface area contributed by atoms with Crippen LogP contribution in [0, 0.1) is 10.1 Å². The largest absolute Gasteiger partial charge is 0.482 e. The number of aryl methyl sites for hydroxylation is 2. The second-order valence-corrected chi connectivity index (χ2v) is 6.64. The molecule has 0 atom stereocenters. The Bertz CT molecular complexity index is 931. The van der Waals surface area contributed by atoms with E-state index >= 15 is 0 Å². The quantitative estimate of drug-likeness (QED) is 0.431. The van der Waals surface area contributed by atoms with Crippen molar-refractivity contribution in [1.82, 2.24) is 0 Å². The standard InChI is InChI=1S/C19H17ClN2O6/c20-14-5-7-17(22(25)26)16(9-14)21-18(23)10-28-19(24)11-27-15-6-4-12-2-1-3-13(12)8-15/h4-9H,1-3,10-11H2,(H,21,23). The molecule has 0 aliphatic heterocycles. The number of fused-ring (bicyclic) bond motifs is 1. The van der Waals surface area contributed by atoms with Crippen LogP contribution in [0.15, 0.2) is 36.4 Å². The zero-order chi connectivity index (χ0) is 20.1. The summed E-state index contributed by atoms with van der Waals surface area (Å²) in [5, 5.41) is 13.5. The Morgan fingerprint density at radius 2 is 1.89 bits per heavy atom. The molecule has 0 saturated heterocycles. The van der Waals surface area contributed by atoms with E-state index in [1.807, 2.05) is 12.1 Å². The summed E-state index contributed by atoms with van der Waals surface area (Å²) in [5.41, 5.74) is 2.12. The number of ether oxygens (including phenoxy) is 2. The van der Waals surface area contributed by atoms with Gasteiger partial charge in [0.1, 0.15) is 11.4 Å². The maximum Gasteiger partial charge on any atom is 0.344 e. The highest BCUT2D eigenvalue weighted by molar-refractivity contribution is 6.31. The van der Waals surface area contributed by atoms with Crippen molar-refractivity contribution < 1.29 is 24.0 Å². The number of nitro benzene ring substituents is 1. The molecule has 0 radical (unpaired) electrons. The maximum absolute atomic E-state index is 11.9. The molecule has 1 aliphatic rings. The number of benzene rings is 2. The molecule has 0 unspecified atom stereocenters. The van der Waals surface area contributed by atoms with E-state index in [1.165, 1.54) is 29.3 Å². The molecule has 0 heterocycles. The van der Waals surface area contributed by atoms with Gasteiger partial charge in [0.25, 0.3) is 11.6 Å². The van der Waals surface area contributed by atoms with Crippen molar-refractivity contribution in [2.45, 2.75) is 19.3 Å². The summed E-state index contributed by atoms with van der Waals surface area (Å²) >= 11 is 5.79. The van der Waals surface area contributed by atoms with Gasteiger partial charge in [0.2, 0.25) is 0 Å². The topological polar surface area (TPSA) is 108 Å². The Kier molecular flexibility index (Phi) is 6.10. The number of esters is 1. The van der Waals surface area contributed by atoms with Gasteiger partial charge in [0.15, 0.2) is 13.2 Å². The molecule has 146 valence electrons. The van der Waals surface area contributed by atoms with Crippen LogP contribution < -0.4 is 10.1 Å². The summed E-state index contributed by atoms with van der Waals surface area (Å²) in [5.74, 6) is -0.885. The van der Waals surface area contributed by atoms with Crippen LogP contribution in [-0.4, -0.2) is 30.0 Å². The molecule has 1 amide bonds. The summed E-state index contributed by atoms with van der Waals surface area (Å²) in [4.78, 5) is 34.0. The molecule has 1 N–H and O–H groups in total. The zero-order valence-electron chi connectivity index (χ0n) is 14.8. The number of carbonyl (C=O) groups is 2. The smallest absolute Gasteiger partial charge is 0.344 e. The van der Waals surface area contributed by atoms with E-state index in [4.69, 9.17) is 21.1 Å². The van der Waals surface area contributed by atoms with Crippen LogP contribution in [0.3, 0.4) is 0 Å². The number of amides is 1. The number of carbonyl (C=O) groups excluding carboxylic acids is 2. The van der Waals surface area contributed by atoms with Crippen LogP contribution in [0.2, 0.25) is 5.02 Å². The van der Waals surface area contributed by atoms with Crippen molar-refractivity contribution >= 4 is 34.9 Å². The van der Waals surface area contributed by atoms with E-state index < -0.39 is 23.4 Å². The molecule has 3 rings (SSSR count). The Hall–Kier alpha value is -3.13. The Balaban J connectivity index is 1.47. The highest BCUT2D eigenvalue weighted by Gasteiger charge is 2.17. The molecule has 28 heavy (non-hydrogen) atoms. The molecule has 8 nitrogen and oxygen atoms in total. The first kappa shape index (κ1) is 19.6. The average molecular weight is 405 g/mol. The van der Waals surface area contributed by atoms with Gasteiger partial charge in [-0.2, -0.15) is 0 Å². The first-order valence-corrected chi connectivity index (χ1v) is 8.94. The van der Waals surface area contributed by atoms with Crippen LogP contribution in [0.4, 0.5) is 11.4 Å². The predicted octanol–water partition coefficient (Wildman–Crippen LogP) is 3.30. The van der Waals surface area contributed by atoms with Gasteiger partial charge in [-0.15, -0.1) is 0 Å². The van der Waals surface area contributed by atoms with E-state index in [0.717, 1.165) is 19.3 Å². The van der Waals surface area contributed by atoms with Gasteiger partial charge in [0, 0.05) is 11.1 Å². The third kappa shape index (κ3) is 4.98. The lowest BCUT2D eigenvalue weighted by molar-refractivity contribution is -0.383. The summed E-state index contributed by atoms with van der Waals surface area (Å²) in [6, 6.07) is 9.44. The minimum Gasteiger partial charge on any atom is -0.482 e. The number of nitrogens with zero attached hydrogens (tertiary/aromatic N) is 1. The third-order valence-electron chi connectivity index (χ3n) is 4.22. The molecular formula is C19H17ClN2O6. The molecule has 2 aromatic rings. The van der Waals surface area contributed by atoms with Gasteiger partial charge in [-0.3, -0.25) is 14.9 Å². The first-order chi connectivity index (χ1) is 13.4. The lowest BCUT2D eigenvalue weighted by Gasteiger charge is -2.09. The SMILES string of the molecule is O=C(COC(=O)COc1ccc2c(c1)CCC2)Nc1cc(Cl)ccc1[N+](=O)[O-]. The van der Waals surface area contributed by atoms with Gasteiger partial charge in [0.05, 0.1) is 4.92 Å². The van der Waals surface area contributed by atoms with Gasteiger partial charge < -0.3 is 14.8 Å². The Labute approximate surface area is 165 Å². The van der Waals surface area contributed by atoms with E-state index in [1.54, 1.807) is 6.07 Å². The first-order valence-electron chi connectivity index (χ1n) is 8.56. The van der Waals surface area contributed by atoms with Crippen LogP contribution in [0.1, 0.15) is 17.5 Å². The summed E-state index contributed by atoms with van der Waals surface area (Å²) in [6.45, 7) is -0.945. The lowest BCUT2D eigenvalue weighted by Crippen LogP contribution is -2.24. The van der Waals surface area contributed by atoms with Crippen molar-refractivity contribution in [1.29, 1.82) is 0 Å². The molecule has 0 aromatic heterocycles. The summed E-state index contributed by atoms with van der Waals surface area (Å²) in [6.07, 6.45) is 3.16. The molecule has 0 saturated carbocycles. The summed E-state index contributed by atoms with van der Waals surface area (Å²) in [7, 11) is 0. The number of hydrogen-bond acceptors (Lipinski definition) is 6. The number of nitrogens with one attached hydrogen (secondary N) is 1. The van der Waals surface area contributed by atoms with Crippen LogP contribution in [-0.2, 0) is 27.2 Å². The highest BCUT2D eigenvalue weighted by atomic mass is 35.5. The fourth-order valence-electron chi connectivity index (χ4n) is 2.92. The molecule has 0 bridgehead atoms. The molecule has 0 fully saturated rings. The van der Waals surface area contributed by atoms with Crippen LogP contribution in [0.25, 0.3) is 0 Å². The molecule has 0 spiro atoms. The molecule has 9 heteroatoms. The second-order valence-electron chi connectivity index (χ2n) is 6.20. The fourth-order valence-corrected chi connectivity index (χ4v) is 3.09. The third-order valence-corrected chi connectivity index (χ3v) is 4.46. The number of nitro groups is 1. The van der Waals surface area contributed by atoms with E-state index in [9.17, 15) is 19.7 Å². The van der Waals surface area contributed by atoms with Crippen LogP contribution >= 0.6 is 11.6 Å². The lowest BCUT2D eigenvalue weighted by atomic mass is 10.1. The van der Waals surface area contributed by atoms with E-state index in [0.29, 0.717) is 5.75 Å². The van der Waals surface area contributed by atoms with Gasteiger partial charge in [-0.05, 0) is 54.7 Å². The molecule has 2 aromatic carbocycles. The van der Waals surface area contributed by atoms with Crippen molar-refractivity contribution in [3.8, 4) is 5.75 Å². The zero-order valence-corrected chi connectivity index (χ0v) is 15.5.